The van der Waals surface area contributed by atoms with Gasteiger partial charge in [-0.3, -0.25) is 4.90 Å². The molecule has 1 aliphatic rings. The number of methoxy groups -OCH3 is 1. The molecular weight excluding hydrogens is 245 g/mol. The molecule has 0 saturated carbocycles. The third-order valence-electron chi connectivity index (χ3n) is 3.85. The van der Waals surface area contributed by atoms with Crippen molar-refractivity contribution in [1.82, 2.24) is 4.90 Å². The van der Waals surface area contributed by atoms with E-state index in [0.717, 1.165) is 13.0 Å². The zero-order valence-corrected chi connectivity index (χ0v) is 11.6. The van der Waals surface area contributed by atoms with Crippen molar-refractivity contribution in [2.75, 3.05) is 26.8 Å². The predicted molar refractivity (Wildman–Crippen MR) is 72.7 cm³/mol. The van der Waals surface area contributed by atoms with Gasteiger partial charge in [0.2, 0.25) is 0 Å². The van der Waals surface area contributed by atoms with Gasteiger partial charge in [0.15, 0.2) is 0 Å². The van der Waals surface area contributed by atoms with Crippen molar-refractivity contribution in [3.8, 4) is 0 Å². The molecule has 1 fully saturated rings. The standard InChI is InChI=1S/C15H22FNO2/c1-11-7-13(12-3-5-14(16)6-4-12)8-17(11)9-15(18)10-19-2/h3-6,11,13,15,18H,7-10H2,1-2H3/t11-,13-,15+/m1/s1. The van der Waals surface area contributed by atoms with Gasteiger partial charge in [0.25, 0.3) is 0 Å². The van der Waals surface area contributed by atoms with E-state index in [1.165, 1.54) is 17.7 Å². The first-order valence-corrected chi connectivity index (χ1v) is 6.76. The quantitative estimate of drug-likeness (QED) is 0.886. The molecule has 3 nitrogen and oxygen atoms in total. The number of ether oxygens (including phenoxy) is 1. The smallest absolute Gasteiger partial charge is 0.123 e. The van der Waals surface area contributed by atoms with E-state index in [1.807, 2.05) is 12.1 Å². The minimum absolute atomic E-state index is 0.192. The molecule has 1 aliphatic heterocycles. The summed E-state index contributed by atoms with van der Waals surface area (Å²) in [5.41, 5.74) is 1.18. The molecule has 3 atom stereocenters. The summed E-state index contributed by atoms with van der Waals surface area (Å²) >= 11 is 0. The maximum Gasteiger partial charge on any atom is 0.123 e. The largest absolute Gasteiger partial charge is 0.389 e. The van der Waals surface area contributed by atoms with Gasteiger partial charge in [0.1, 0.15) is 5.82 Å². The maximum atomic E-state index is 12.9. The molecule has 1 N–H and O–H groups in total. The highest BCUT2D eigenvalue weighted by molar-refractivity contribution is 5.22. The van der Waals surface area contributed by atoms with Gasteiger partial charge >= 0.3 is 0 Å². The minimum atomic E-state index is -0.445. The molecule has 0 aliphatic carbocycles. The maximum absolute atomic E-state index is 12.9. The number of aliphatic hydroxyl groups is 1. The Morgan fingerprint density at radius 1 is 1.42 bits per heavy atom. The Labute approximate surface area is 114 Å². The third kappa shape index (κ3) is 3.75. The van der Waals surface area contributed by atoms with Crippen molar-refractivity contribution in [2.45, 2.75) is 31.4 Å². The molecule has 1 aromatic carbocycles. The van der Waals surface area contributed by atoms with Crippen LogP contribution in [0.15, 0.2) is 24.3 Å². The summed E-state index contributed by atoms with van der Waals surface area (Å²) in [6, 6.07) is 7.19. The lowest BCUT2D eigenvalue weighted by atomic mass is 9.97. The van der Waals surface area contributed by atoms with Gasteiger partial charge in [0, 0.05) is 26.2 Å². The molecule has 4 heteroatoms. The second kappa shape index (κ2) is 6.46. The fraction of sp³-hybridized carbons (Fsp3) is 0.600. The molecule has 1 saturated heterocycles. The summed E-state index contributed by atoms with van der Waals surface area (Å²) in [4.78, 5) is 2.28. The summed E-state index contributed by atoms with van der Waals surface area (Å²) in [5, 5.41) is 9.80. The van der Waals surface area contributed by atoms with E-state index in [9.17, 15) is 9.50 Å². The number of nitrogens with zero attached hydrogens (tertiary/aromatic N) is 1. The molecule has 0 unspecified atom stereocenters. The van der Waals surface area contributed by atoms with Gasteiger partial charge in [-0.25, -0.2) is 4.39 Å². The molecule has 0 amide bonds. The first kappa shape index (κ1) is 14.4. The number of halogens is 1. The SMILES string of the molecule is COC[C@@H](O)CN1C[C@H](c2ccc(F)cc2)C[C@H]1C. The lowest BCUT2D eigenvalue weighted by molar-refractivity contribution is 0.0360. The number of hydrogen-bond acceptors (Lipinski definition) is 3. The van der Waals surface area contributed by atoms with Crippen molar-refractivity contribution < 1.29 is 14.2 Å². The van der Waals surface area contributed by atoms with Crippen molar-refractivity contribution in [1.29, 1.82) is 0 Å². The molecule has 2 rings (SSSR count). The van der Waals surface area contributed by atoms with Gasteiger partial charge in [0.05, 0.1) is 12.7 Å². The van der Waals surface area contributed by atoms with Gasteiger partial charge in [-0.15, -0.1) is 0 Å². The van der Waals surface area contributed by atoms with Crippen LogP contribution in [-0.4, -0.2) is 49.0 Å². The molecule has 0 bridgehead atoms. The highest BCUT2D eigenvalue weighted by Gasteiger charge is 2.30. The van der Waals surface area contributed by atoms with Crippen LogP contribution in [0.2, 0.25) is 0 Å². The first-order valence-electron chi connectivity index (χ1n) is 6.76. The fourth-order valence-electron chi connectivity index (χ4n) is 2.85. The molecular formula is C15H22FNO2. The fourth-order valence-corrected chi connectivity index (χ4v) is 2.85. The van der Waals surface area contributed by atoms with E-state index in [-0.39, 0.29) is 5.82 Å². The van der Waals surface area contributed by atoms with Crippen molar-refractivity contribution in [3.05, 3.63) is 35.6 Å². The van der Waals surface area contributed by atoms with Gasteiger partial charge in [-0.1, -0.05) is 12.1 Å². The molecule has 1 aromatic rings. The summed E-state index contributed by atoms with van der Waals surface area (Å²) in [6.07, 6.45) is 0.602. The van der Waals surface area contributed by atoms with E-state index in [0.29, 0.717) is 25.1 Å². The average molecular weight is 267 g/mol. The average Bonchev–Trinajstić information content (AvgIpc) is 2.72. The Morgan fingerprint density at radius 2 is 2.11 bits per heavy atom. The second-order valence-corrected chi connectivity index (χ2v) is 5.40. The monoisotopic (exact) mass is 267 g/mol. The van der Waals surface area contributed by atoms with E-state index < -0.39 is 6.10 Å². The second-order valence-electron chi connectivity index (χ2n) is 5.40. The molecule has 1 heterocycles. The number of rotatable bonds is 5. The molecule has 0 aromatic heterocycles. The van der Waals surface area contributed by atoms with Crippen LogP contribution in [0, 0.1) is 5.82 Å². The Bertz CT molecular complexity index is 396. The zero-order valence-electron chi connectivity index (χ0n) is 11.6. The first-order chi connectivity index (χ1) is 9.10. The Hall–Kier alpha value is -0.970. The molecule has 106 valence electrons. The number of likely N-dealkylation sites (tertiary alicyclic amines) is 1. The number of benzene rings is 1. The lowest BCUT2D eigenvalue weighted by Crippen LogP contribution is -2.36. The van der Waals surface area contributed by atoms with Crippen LogP contribution in [0.25, 0.3) is 0 Å². The topological polar surface area (TPSA) is 32.7 Å². The Kier molecular flexibility index (Phi) is 4.91. The highest BCUT2D eigenvalue weighted by atomic mass is 19.1. The van der Waals surface area contributed by atoms with Crippen LogP contribution in [0.4, 0.5) is 4.39 Å². The van der Waals surface area contributed by atoms with Crippen LogP contribution < -0.4 is 0 Å². The van der Waals surface area contributed by atoms with Crippen LogP contribution in [0.1, 0.15) is 24.8 Å². The normalized spacial score (nSPS) is 25.7. The Balaban J connectivity index is 1.95. The molecule has 19 heavy (non-hydrogen) atoms. The summed E-state index contributed by atoms with van der Waals surface area (Å²) in [6.45, 7) is 4.08. The van der Waals surface area contributed by atoms with Crippen LogP contribution in [-0.2, 0) is 4.74 Å². The van der Waals surface area contributed by atoms with Gasteiger partial charge in [-0.05, 0) is 37.0 Å². The Morgan fingerprint density at radius 3 is 2.74 bits per heavy atom. The number of β-amino-alcohol motifs (C(OH)–C–C–N with tert-alkyl or cyclic N) is 1. The van der Waals surface area contributed by atoms with Crippen LogP contribution in [0.5, 0.6) is 0 Å². The minimum Gasteiger partial charge on any atom is -0.389 e. The predicted octanol–water partition coefficient (Wildman–Crippen LogP) is 2.01. The van der Waals surface area contributed by atoms with Crippen LogP contribution in [0.3, 0.4) is 0 Å². The summed E-state index contributed by atoms with van der Waals surface area (Å²) < 4.78 is 17.9. The van der Waals surface area contributed by atoms with Crippen molar-refractivity contribution in [3.63, 3.8) is 0 Å². The van der Waals surface area contributed by atoms with Gasteiger partial charge in [-0.2, -0.15) is 0 Å². The molecule has 0 spiro atoms. The zero-order chi connectivity index (χ0) is 13.8. The van der Waals surface area contributed by atoms with Crippen molar-refractivity contribution in [2.24, 2.45) is 0 Å². The number of aliphatic hydroxyl groups excluding tert-OH is 1. The lowest BCUT2D eigenvalue weighted by Gasteiger charge is -2.23. The van der Waals surface area contributed by atoms with Gasteiger partial charge < -0.3 is 9.84 Å². The van der Waals surface area contributed by atoms with E-state index in [1.54, 1.807) is 7.11 Å². The molecule has 0 radical (unpaired) electrons. The summed E-state index contributed by atoms with van der Waals surface area (Å²) in [7, 11) is 1.60. The third-order valence-corrected chi connectivity index (χ3v) is 3.85. The van der Waals surface area contributed by atoms with Crippen LogP contribution >= 0.6 is 0 Å². The summed E-state index contributed by atoms with van der Waals surface area (Å²) in [5.74, 6) is 0.229. The van der Waals surface area contributed by atoms with E-state index >= 15 is 0 Å². The highest BCUT2D eigenvalue weighted by Crippen LogP contribution is 2.31. The van der Waals surface area contributed by atoms with E-state index in [4.69, 9.17) is 4.74 Å². The number of hydrogen-bond donors (Lipinski definition) is 1. The van der Waals surface area contributed by atoms with Crippen molar-refractivity contribution >= 4 is 0 Å². The van der Waals surface area contributed by atoms with E-state index in [2.05, 4.69) is 11.8 Å².